The topological polar surface area (TPSA) is 143 Å². The zero-order chi connectivity index (χ0) is 28.6. The number of carbonyl (C=O) groups is 5. The number of unbranched alkanes of at least 4 members (excludes halogenated alkanes) is 4. The SMILES string of the molecule is CCCCCCCC(=O)NC(C)(C)C(=O)NCC(=O)N[C@H](C(=O)N[C@@H](CC(C)C)C(=O)OC)[C@@H](C)CC. The molecular formula is C27H50N4O6. The summed E-state index contributed by atoms with van der Waals surface area (Å²) in [6.07, 6.45) is 6.43. The minimum absolute atomic E-state index is 0.140. The predicted molar refractivity (Wildman–Crippen MR) is 143 cm³/mol. The molecule has 0 aromatic rings. The molecule has 37 heavy (non-hydrogen) atoms. The van der Waals surface area contributed by atoms with Crippen molar-refractivity contribution in [1.82, 2.24) is 21.3 Å². The van der Waals surface area contributed by atoms with Crippen molar-refractivity contribution in [1.29, 1.82) is 0 Å². The maximum absolute atomic E-state index is 13.0. The van der Waals surface area contributed by atoms with E-state index in [-0.39, 0.29) is 24.3 Å². The third-order valence-electron chi connectivity index (χ3n) is 6.26. The molecule has 0 radical (unpaired) electrons. The molecule has 0 bridgehead atoms. The lowest BCUT2D eigenvalue weighted by molar-refractivity contribution is -0.146. The summed E-state index contributed by atoms with van der Waals surface area (Å²) in [5.74, 6) is -2.38. The maximum atomic E-state index is 13.0. The Morgan fingerprint density at radius 3 is 2.03 bits per heavy atom. The summed E-state index contributed by atoms with van der Waals surface area (Å²) in [6, 6.07) is -1.72. The van der Waals surface area contributed by atoms with Crippen LogP contribution in [0, 0.1) is 11.8 Å². The number of nitrogens with one attached hydrogen (secondary N) is 4. The van der Waals surface area contributed by atoms with Crippen molar-refractivity contribution >= 4 is 29.6 Å². The Morgan fingerprint density at radius 1 is 0.865 bits per heavy atom. The third-order valence-corrected chi connectivity index (χ3v) is 6.26. The molecule has 3 atom stereocenters. The molecule has 0 spiro atoms. The molecule has 0 saturated heterocycles. The Balaban J connectivity index is 4.96. The van der Waals surface area contributed by atoms with Gasteiger partial charge in [-0.15, -0.1) is 0 Å². The average molecular weight is 527 g/mol. The summed E-state index contributed by atoms with van der Waals surface area (Å²) < 4.78 is 4.80. The van der Waals surface area contributed by atoms with Gasteiger partial charge in [0, 0.05) is 6.42 Å². The molecule has 0 heterocycles. The first kappa shape index (κ1) is 34.4. The van der Waals surface area contributed by atoms with E-state index < -0.39 is 41.3 Å². The fourth-order valence-corrected chi connectivity index (χ4v) is 3.75. The standard InChI is InChI=1S/C27H50N4O6/c1-9-11-12-13-14-15-21(32)31-27(6,7)26(36)28-17-22(33)30-23(19(5)10-2)24(34)29-20(16-18(3)4)25(35)37-8/h18-20,23H,9-17H2,1-8H3,(H,28,36)(H,29,34)(H,30,33)(H,31,32)/t19-,20-,23-/m0/s1. The highest BCUT2D eigenvalue weighted by atomic mass is 16.5. The zero-order valence-corrected chi connectivity index (χ0v) is 24.1. The van der Waals surface area contributed by atoms with Crippen LogP contribution in [0.15, 0.2) is 0 Å². The largest absolute Gasteiger partial charge is 0.467 e. The molecule has 0 aliphatic rings. The van der Waals surface area contributed by atoms with Crippen LogP contribution < -0.4 is 21.3 Å². The van der Waals surface area contributed by atoms with Gasteiger partial charge in [0.25, 0.3) is 0 Å². The van der Waals surface area contributed by atoms with E-state index in [4.69, 9.17) is 4.74 Å². The second-order valence-electron chi connectivity index (χ2n) is 10.7. The van der Waals surface area contributed by atoms with E-state index in [2.05, 4.69) is 28.2 Å². The van der Waals surface area contributed by atoms with Gasteiger partial charge in [0.2, 0.25) is 23.6 Å². The van der Waals surface area contributed by atoms with Crippen molar-refractivity contribution in [2.24, 2.45) is 11.8 Å². The van der Waals surface area contributed by atoms with Gasteiger partial charge < -0.3 is 26.0 Å². The normalized spacial score (nSPS) is 13.8. The Labute approximate surface area is 222 Å². The highest BCUT2D eigenvalue weighted by Gasteiger charge is 2.32. The first-order valence-corrected chi connectivity index (χ1v) is 13.6. The van der Waals surface area contributed by atoms with Crippen LogP contribution >= 0.6 is 0 Å². The number of rotatable bonds is 18. The molecule has 0 unspecified atom stereocenters. The number of hydrogen-bond acceptors (Lipinski definition) is 6. The Bertz CT molecular complexity index is 753. The minimum atomic E-state index is -1.20. The van der Waals surface area contributed by atoms with Crippen LogP contribution in [0.25, 0.3) is 0 Å². The predicted octanol–water partition coefficient (Wildman–Crippen LogP) is 2.59. The summed E-state index contributed by atoms with van der Waals surface area (Å²) in [6.45, 7) is 12.5. The van der Waals surface area contributed by atoms with Crippen molar-refractivity contribution in [3.63, 3.8) is 0 Å². The van der Waals surface area contributed by atoms with Crippen molar-refractivity contribution in [3.05, 3.63) is 0 Å². The van der Waals surface area contributed by atoms with Gasteiger partial charge in [-0.2, -0.15) is 0 Å². The molecule has 0 fully saturated rings. The smallest absolute Gasteiger partial charge is 0.328 e. The summed E-state index contributed by atoms with van der Waals surface area (Å²) in [5, 5.41) is 10.6. The lowest BCUT2D eigenvalue weighted by atomic mass is 9.97. The van der Waals surface area contributed by atoms with Gasteiger partial charge >= 0.3 is 5.97 Å². The summed E-state index contributed by atoms with van der Waals surface area (Å²) in [5.41, 5.74) is -1.20. The molecule has 0 rings (SSSR count). The van der Waals surface area contributed by atoms with Gasteiger partial charge in [0.1, 0.15) is 17.6 Å². The fraction of sp³-hybridized carbons (Fsp3) is 0.815. The molecule has 10 heteroatoms. The van der Waals surface area contributed by atoms with E-state index in [0.29, 0.717) is 19.3 Å². The fourth-order valence-electron chi connectivity index (χ4n) is 3.75. The molecule has 10 nitrogen and oxygen atoms in total. The molecule has 0 aliphatic heterocycles. The second kappa shape index (κ2) is 17.7. The maximum Gasteiger partial charge on any atom is 0.328 e. The van der Waals surface area contributed by atoms with Crippen molar-refractivity contribution < 1.29 is 28.7 Å². The van der Waals surface area contributed by atoms with Crippen LogP contribution in [0.5, 0.6) is 0 Å². The van der Waals surface area contributed by atoms with E-state index in [1.54, 1.807) is 13.8 Å². The van der Waals surface area contributed by atoms with E-state index >= 15 is 0 Å². The summed E-state index contributed by atoms with van der Waals surface area (Å²) in [4.78, 5) is 62.6. The Hall–Kier alpha value is -2.65. The van der Waals surface area contributed by atoms with Crippen molar-refractivity contribution in [3.8, 4) is 0 Å². The van der Waals surface area contributed by atoms with E-state index in [1.165, 1.54) is 7.11 Å². The Morgan fingerprint density at radius 2 is 1.49 bits per heavy atom. The molecule has 0 saturated carbocycles. The zero-order valence-electron chi connectivity index (χ0n) is 24.1. The highest BCUT2D eigenvalue weighted by Crippen LogP contribution is 2.12. The molecule has 4 N–H and O–H groups in total. The van der Waals surface area contributed by atoms with Gasteiger partial charge in [-0.25, -0.2) is 4.79 Å². The van der Waals surface area contributed by atoms with Gasteiger partial charge in [0.15, 0.2) is 0 Å². The van der Waals surface area contributed by atoms with Crippen molar-refractivity contribution in [2.45, 2.75) is 117 Å². The lowest BCUT2D eigenvalue weighted by Gasteiger charge is -2.27. The lowest BCUT2D eigenvalue weighted by Crippen LogP contribution is -2.58. The van der Waals surface area contributed by atoms with E-state index in [9.17, 15) is 24.0 Å². The monoisotopic (exact) mass is 526 g/mol. The summed E-state index contributed by atoms with van der Waals surface area (Å²) in [7, 11) is 1.26. The number of methoxy groups -OCH3 is 1. The summed E-state index contributed by atoms with van der Waals surface area (Å²) >= 11 is 0. The molecule has 214 valence electrons. The van der Waals surface area contributed by atoms with Gasteiger partial charge in [-0.3, -0.25) is 19.2 Å². The average Bonchev–Trinajstić information content (AvgIpc) is 2.83. The Kier molecular flexibility index (Phi) is 16.5. The highest BCUT2D eigenvalue weighted by molar-refractivity contribution is 5.95. The molecule has 0 aromatic carbocycles. The number of hydrogen-bond donors (Lipinski definition) is 4. The van der Waals surface area contributed by atoms with Crippen LogP contribution in [-0.4, -0.2) is 60.9 Å². The molecule has 0 aromatic heterocycles. The first-order chi connectivity index (χ1) is 17.3. The molecule has 4 amide bonds. The molecular weight excluding hydrogens is 476 g/mol. The second-order valence-corrected chi connectivity index (χ2v) is 10.7. The number of amides is 4. The first-order valence-electron chi connectivity index (χ1n) is 13.6. The number of carbonyl (C=O) groups excluding carboxylic acids is 5. The number of esters is 1. The van der Waals surface area contributed by atoms with Crippen molar-refractivity contribution in [2.75, 3.05) is 13.7 Å². The van der Waals surface area contributed by atoms with Crippen LogP contribution in [-0.2, 0) is 28.7 Å². The van der Waals surface area contributed by atoms with Crippen LogP contribution in [0.1, 0.15) is 99.8 Å². The third kappa shape index (κ3) is 14.0. The van der Waals surface area contributed by atoms with Crippen LogP contribution in [0.2, 0.25) is 0 Å². The van der Waals surface area contributed by atoms with E-state index in [0.717, 1.165) is 32.1 Å². The molecule has 0 aliphatic carbocycles. The van der Waals surface area contributed by atoms with Gasteiger partial charge in [-0.1, -0.05) is 66.7 Å². The van der Waals surface area contributed by atoms with Crippen LogP contribution in [0.3, 0.4) is 0 Å². The minimum Gasteiger partial charge on any atom is -0.467 e. The van der Waals surface area contributed by atoms with E-state index in [1.807, 2.05) is 27.7 Å². The van der Waals surface area contributed by atoms with Crippen LogP contribution in [0.4, 0.5) is 0 Å². The quantitative estimate of drug-likeness (QED) is 0.160. The van der Waals surface area contributed by atoms with Gasteiger partial charge in [0.05, 0.1) is 13.7 Å². The number of ether oxygens (including phenoxy) is 1. The van der Waals surface area contributed by atoms with Gasteiger partial charge in [-0.05, 0) is 38.5 Å².